The van der Waals surface area contributed by atoms with Gasteiger partial charge in [-0.3, -0.25) is 39.3 Å². The third kappa shape index (κ3) is 22.8. The number of carbonyl (C=O) groups is 7. The number of ketones is 1. The van der Waals surface area contributed by atoms with Crippen LogP contribution in [0, 0.1) is 48.4 Å². The average Bonchev–Trinajstić information content (AvgIpc) is 0.785. The topological polar surface area (TPSA) is 294 Å². The third-order valence-corrected chi connectivity index (χ3v) is 13.0. The lowest BCUT2D eigenvalue weighted by Gasteiger charge is -2.37. The monoisotopic (exact) mass is 1220 g/mol. The van der Waals surface area contributed by atoms with Gasteiger partial charge in [-0.1, -0.05) is 115 Å². The van der Waals surface area contributed by atoms with Crippen LogP contribution in [-0.4, -0.2) is 117 Å². The van der Waals surface area contributed by atoms with Gasteiger partial charge in [0.2, 0.25) is 0 Å². The van der Waals surface area contributed by atoms with Crippen LogP contribution < -0.4 is 48.8 Å². The second kappa shape index (κ2) is 36.9. The minimum absolute atomic E-state index is 0.120. The van der Waals surface area contributed by atoms with Crippen LogP contribution in [0.5, 0.6) is 0 Å². The Hall–Kier alpha value is -11.1. The fraction of sp³-hybridized carbons (Fsp3) is 0.208. The summed E-state index contributed by atoms with van der Waals surface area (Å²) in [6.45, 7) is 6.54. The fourth-order valence-corrected chi connectivity index (χ4v) is 8.52. The SMILES string of the molecule is C#Cc1ccc(C(=O)NCCNC(c2ccccc2)(c2ccccc2)c2ccccc2)cc1.C#Cc1ccc(C(=O)N[C@@H](CNC(=O)OC(C)(C)C)C(=O)COC)cc1.NCCNC(=O)c1ccc(C#CC#Cc2ccc(C(=O)N[C@@H](CN)C(=O)NO)cc2)cc1. The van der Waals surface area contributed by atoms with Gasteiger partial charge in [-0.15, -0.1) is 12.8 Å². The molecule has 0 unspecified atom stereocenters. The molecule has 0 radical (unpaired) electrons. The Morgan fingerprint density at radius 2 is 0.890 bits per heavy atom. The highest BCUT2D eigenvalue weighted by molar-refractivity contribution is 5.99. The number of hydroxylamine groups is 1. The summed E-state index contributed by atoms with van der Waals surface area (Å²) in [4.78, 5) is 84.2. The van der Waals surface area contributed by atoms with E-state index < -0.39 is 47.0 Å². The number of carbonyl (C=O) groups excluding carboxylic acids is 7. The van der Waals surface area contributed by atoms with E-state index in [2.05, 4.69) is 140 Å². The number of rotatable bonds is 22. The largest absolute Gasteiger partial charge is 0.444 e. The first-order chi connectivity index (χ1) is 43.9. The first kappa shape index (κ1) is 70.6. The molecule has 2 atom stereocenters. The summed E-state index contributed by atoms with van der Waals surface area (Å²) in [7, 11) is 1.37. The molecular formula is C72H73N9O10. The lowest BCUT2D eigenvalue weighted by Crippen LogP contribution is -2.50. The molecule has 0 saturated carbocycles. The van der Waals surface area contributed by atoms with E-state index in [1.165, 1.54) is 12.6 Å². The molecule has 7 aromatic carbocycles. The van der Waals surface area contributed by atoms with Gasteiger partial charge in [-0.2, -0.15) is 0 Å². The van der Waals surface area contributed by atoms with Crippen molar-refractivity contribution in [2.45, 2.75) is 44.0 Å². The second-order valence-electron chi connectivity index (χ2n) is 20.7. The molecule has 0 aliphatic carbocycles. The molecule has 0 fully saturated rings. The van der Waals surface area contributed by atoms with E-state index in [9.17, 15) is 33.6 Å². The molecule has 466 valence electrons. The van der Waals surface area contributed by atoms with Gasteiger partial charge in [0, 0.05) is 90.9 Å². The molecular weight excluding hydrogens is 1150 g/mol. The predicted molar refractivity (Wildman–Crippen MR) is 349 cm³/mol. The van der Waals surface area contributed by atoms with Crippen LogP contribution in [0.15, 0.2) is 188 Å². The Labute approximate surface area is 530 Å². The molecule has 19 heteroatoms. The highest BCUT2D eigenvalue weighted by Gasteiger charge is 2.35. The Bertz CT molecular complexity index is 3650. The number of benzene rings is 7. The van der Waals surface area contributed by atoms with E-state index in [1.54, 1.807) is 118 Å². The van der Waals surface area contributed by atoms with Crippen molar-refractivity contribution in [2.75, 3.05) is 53.0 Å². The van der Waals surface area contributed by atoms with Crippen LogP contribution in [0.4, 0.5) is 4.79 Å². The summed E-state index contributed by atoms with van der Waals surface area (Å²) in [6.07, 6.45) is 10.00. The van der Waals surface area contributed by atoms with Gasteiger partial charge < -0.3 is 47.5 Å². The van der Waals surface area contributed by atoms with E-state index >= 15 is 0 Å². The van der Waals surface area contributed by atoms with Crippen LogP contribution in [0.1, 0.15) is 101 Å². The van der Waals surface area contributed by atoms with Crippen LogP contribution >= 0.6 is 0 Å². The van der Waals surface area contributed by atoms with Gasteiger partial charge in [-0.25, -0.2) is 10.3 Å². The molecule has 19 nitrogen and oxygen atoms in total. The van der Waals surface area contributed by atoms with Crippen molar-refractivity contribution in [3.8, 4) is 48.4 Å². The minimum Gasteiger partial charge on any atom is -0.444 e. The molecule has 0 aliphatic rings. The van der Waals surface area contributed by atoms with Crippen molar-refractivity contribution in [3.63, 3.8) is 0 Å². The maximum Gasteiger partial charge on any atom is 0.407 e. The number of Topliss-reactive ketones (excluding diaryl/α,β-unsaturated/α-hetero) is 1. The lowest BCUT2D eigenvalue weighted by molar-refractivity contribution is -0.131. The molecule has 0 aromatic heterocycles. The zero-order chi connectivity index (χ0) is 66.0. The third-order valence-electron chi connectivity index (χ3n) is 13.0. The van der Waals surface area contributed by atoms with E-state index in [-0.39, 0.29) is 37.3 Å². The van der Waals surface area contributed by atoms with Gasteiger partial charge >= 0.3 is 6.09 Å². The quantitative estimate of drug-likeness (QED) is 0.0126. The van der Waals surface area contributed by atoms with Crippen molar-refractivity contribution in [3.05, 3.63) is 249 Å². The second-order valence-corrected chi connectivity index (χ2v) is 20.7. The van der Waals surface area contributed by atoms with E-state index in [0.717, 1.165) is 22.3 Å². The van der Waals surface area contributed by atoms with Gasteiger partial charge in [-0.05, 0) is 146 Å². The van der Waals surface area contributed by atoms with Crippen molar-refractivity contribution < 1.29 is 48.2 Å². The number of hydrogen-bond acceptors (Lipinski definition) is 13. The standard InChI is InChI=1S/C30H26N2O.C23H23N5O4.C19H24N2O5/c1-2-24-18-20-25(21-19-24)29(33)31-22-23-32-30(26-12-6-3-7-13-26,27-14-8-4-9-15-27)28-16-10-5-11-17-28;24-13-14-26-21(29)18-9-5-16(6-10-18)3-1-2-4-17-7-11-19(12-8-17)22(30)27-20(15-25)23(31)28-32;1-6-13-7-9-14(10-8-13)17(23)21-15(16(22)12-25-5)11-20-18(24)26-19(2,3)4/h1,3-21,32H,22-23H2,(H,31,33);5-12,20,32H,13-15,24-25H2,(H,26,29)(H,27,30)(H,28,31);1,7-10,15H,11-12H2,2-5H3,(H,20,24)(H,21,23)/t;20-;15-/m.00/s1. The number of hydrogen-bond donors (Lipinski definition) is 10. The Morgan fingerprint density at radius 3 is 1.25 bits per heavy atom. The molecule has 0 aliphatic heterocycles. The van der Waals surface area contributed by atoms with Gasteiger partial charge in [0.25, 0.3) is 29.5 Å². The summed E-state index contributed by atoms with van der Waals surface area (Å²) in [5.74, 6) is 13.8. The molecule has 0 heterocycles. The number of terminal acetylenes is 2. The van der Waals surface area contributed by atoms with E-state index in [0.29, 0.717) is 65.1 Å². The first-order valence-electron chi connectivity index (χ1n) is 28.7. The highest BCUT2D eigenvalue weighted by atomic mass is 16.6. The smallest absolute Gasteiger partial charge is 0.407 e. The summed E-state index contributed by atoms with van der Waals surface area (Å²) < 4.78 is 9.94. The van der Waals surface area contributed by atoms with Gasteiger partial charge in [0.1, 0.15) is 24.3 Å². The molecule has 91 heavy (non-hydrogen) atoms. The summed E-state index contributed by atoms with van der Waals surface area (Å²) >= 11 is 0. The molecule has 7 rings (SSSR count). The van der Waals surface area contributed by atoms with Crippen molar-refractivity contribution in [1.82, 2.24) is 37.4 Å². The van der Waals surface area contributed by atoms with E-state index in [4.69, 9.17) is 39.0 Å². The molecule has 0 spiro atoms. The van der Waals surface area contributed by atoms with Crippen LogP contribution in [0.2, 0.25) is 0 Å². The van der Waals surface area contributed by atoms with Crippen LogP contribution in [0.25, 0.3) is 0 Å². The molecule has 0 bridgehead atoms. The maximum absolute atomic E-state index is 12.6. The molecule has 7 aromatic rings. The number of nitrogens with one attached hydrogen (secondary N) is 7. The normalized spacial score (nSPS) is 11.0. The maximum atomic E-state index is 12.6. The van der Waals surface area contributed by atoms with Gasteiger partial charge in [0.05, 0.1) is 5.54 Å². The molecule has 0 saturated heterocycles. The number of ether oxygens (including phenoxy) is 2. The Balaban J connectivity index is 0.000000250. The van der Waals surface area contributed by atoms with Crippen LogP contribution in [-0.2, 0) is 24.6 Å². The summed E-state index contributed by atoms with van der Waals surface area (Å²) in [5, 5.41) is 25.6. The molecule has 12 N–H and O–H groups in total. The number of amides is 6. The first-order valence-corrected chi connectivity index (χ1v) is 28.7. The van der Waals surface area contributed by atoms with E-state index in [1.807, 2.05) is 18.2 Å². The van der Waals surface area contributed by atoms with Crippen LogP contribution in [0.3, 0.4) is 0 Å². The van der Waals surface area contributed by atoms with Gasteiger partial charge in [0.15, 0.2) is 5.78 Å². The molecule has 6 amide bonds. The summed E-state index contributed by atoms with van der Waals surface area (Å²) in [5.41, 5.74) is 18.9. The zero-order valence-corrected chi connectivity index (χ0v) is 50.9. The summed E-state index contributed by atoms with van der Waals surface area (Å²) in [6, 6.07) is 55.8. The van der Waals surface area contributed by atoms with Crippen molar-refractivity contribution >= 4 is 41.4 Å². The Morgan fingerprint density at radius 1 is 0.505 bits per heavy atom. The average molecular weight is 1220 g/mol. The van der Waals surface area contributed by atoms with Crippen molar-refractivity contribution in [2.24, 2.45) is 11.5 Å². The zero-order valence-electron chi connectivity index (χ0n) is 50.9. The Kier molecular flexibility index (Phi) is 28.6. The number of alkyl carbamates (subject to hydrolysis) is 1. The fourth-order valence-electron chi connectivity index (χ4n) is 8.52. The minimum atomic E-state index is -1.04. The lowest BCUT2D eigenvalue weighted by atomic mass is 9.77. The highest BCUT2D eigenvalue weighted by Crippen LogP contribution is 2.36. The number of methoxy groups -OCH3 is 1. The van der Waals surface area contributed by atoms with Crippen molar-refractivity contribution in [1.29, 1.82) is 0 Å². The number of nitrogens with two attached hydrogens (primary N) is 2. The predicted octanol–water partition coefficient (Wildman–Crippen LogP) is 5.83.